The van der Waals surface area contributed by atoms with E-state index in [4.69, 9.17) is 5.73 Å². The number of primary amides is 1. The molecule has 2 unspecified atom stereocenters. The summed E-state index contributed by atoms with van der Waals surface area (Å²) in [6.07, 6.45) is 2.11. The van der Waals surface area contributed by atoms with Gasteiger partial charge in [0.1, 0.15) is 12.1 Å². The zero-order valence-electron chi connectivity index (χ0n) is 17.5. The summed E-state index contributed by atoms with van der Waals surface area (Å²) in [5.74, 6) is -0.906. The van der Waals surface area contributed by atoms with Crippen LogP contribution in [0.3, 0.4) is 0 Å². The molecule has 4 N–H and O–H groups in total. The van der Waals surface area contributed by atoms with E-state index in [1.54, 1.807) is 24.3 Å². The van der Waals surface area contributed by atoms with Crippen LogP contribution in [-0.4, -0.2) is 46.5 Å². The number of nitrogens with zero attached hydrogens (tertiary/aromatic N) is 1. The number of imide groups is 1. The van der Waals surface area contributed by atoms with Crippen LogP contribution in [0, 0.1) is 11.3 Å². The molecule has 9 heteroatoms. The van der Waals surface area contributed by atoms with Gasteiger partial charge in [0, 0.05) is 4.90 Å². The number of amides is 5. The fourth-order valence-corrected chi connectivity index (χ4v) is 5.57. The minimum Gasteiger partial charge on any atom is -0.369 e. The zero-order chi connectivity index (χ0) is 22.1. The van der Waals surface area contributed by atoms with Crippen molar-refractivity contribution in [1.29, 1.82) is 0 Å². The molecule has 0 aromatic heterocycles. The maximum Gasteiger partial charge on any atom is 0.325 e. The van der Waals surface area contributed by atoms with Gasteiger partial charge in [0.25, 0.3) is 5.91 Å². The lowest BCUT2D eigenvalue weighted by atomic mass is 9.64. The molecule has 3 rings (SSSR count). The maximum atomic E-state index is 13.2. The summed E-state index contributed by atoms with van der Waals surface area (Å²) < 4.78 is 0. The highest BCUT2D eigenvalue weighted by molar-refractivity contribution is 8.00. The van der Waals surface area contributed by atoms with E-state index in [2.05, 4.69) is 31.4 Å². The molecule has 1 aromatic carbocycles. The lowest BCUT2D eigenvalue weighted by Gasteiger charge is -2.43. The molecule has 1 spiro atoms. The van der Waals surface area contributed by atoms with E-state index in [1.165, 1.54) is 11.8 Å². The van der Waals surface area contributed by atoms with Crippen molar-refractivity contribution < 1.29 is 19.2 Å². The Morgan fingerprint density at radius 3 is 2.63 bits per heavy atom. The monoisotopic (exact) mass is 432 g/mol. The second kappa shape index (κ2) is 8.29. The second-order valence-corrected chi connectivity index (χ2v) is 10.1. The molecule has 8 nitrogen and oxygen atoms in total. The third-order valence-corrected chi connectivity index (χ3v) is 6.55. The topological polar surface area (TPSA) is 122 Å². The molecule has 1 saturated heterocycles. The standard InChI is InChI=1S/C21H28N4O4S/c1-13-8-20(2,3)12-21(9-13)18(28)25(19(29)24-21)10-17(27)23-14-6-4-5-7-15(14)30-11-16(22)26/h4-7,13H,8-12H2,1-3H3,(H2,22,26)(H,23,27)(H,24,29). The van der Waals surface area contributed by atoms with Crippen molar-refractivity contribution in [1.82, 2.24) is 10.2 Å². The van der Waals surface area contributed by atoms with Gasteiger partial charge in [-0.1, -0.05) is 32.9 Å². The number of urea groups is 1. The van der Waals surface area contributed by atoms with Crippen LogP contribution in [0.15, 0.2) is 29.2 Å². The molecular weight excluding hydrogens is 404 g/mol. The fourth-order valence-electron chi connectivity index (χ4n) is 4.83. The number of nitrogens with two attached hydrogens (primary N) is 1. The SMILES string of the molecule is CC1CC(C)(C)CC2(C1)NC(=O)N(CC(=O)Nc1ccccc1SCC(N)=O)C2=O. The van der Waals surface area contributed by atoms with Gasteiger partial charge in [-0.15, -0.1) is 11.8 Å². The van der Waals surface area contributed by atoms with Crippen LogP contribution in [0.25, 0.3) is 0 Å². The van der Waals surface area contributed by atoms with Gasteiger partial charge in [-0.2, -0.15) is 0 Å². The van der Waals surface area contributed by atoms with Gasteiger partial charge in [0.05, 0.1) is 11.4 Å². The van der Waals surface area contributed by atoms with Gasteiger partial charge >= 0.3 is 6.03 Å². The average Bonchev–Trinajstić information content (AvgIpc) is 2.82. The molecule has 2 atom stereocenters. The number of rotatable bonds is 6. The highest BCUT2D eigenvalue weighted by Crippen LogP contribution is 2.46. The Labute approximate surface area is 180 Å². The Balaban J connectivity index is 1.70. The van der Waals surface area contributed by atoms with E-state index < -0.39 is 23.4 Å². The van der Waals surface area contributed by atoms with Gasteiger partial charge in [0.2, 0.25) is 11.8 Å². The molecular formula is C21H28N4O4S. The first kappa shape index (κ1) is 22.1. The summed E-state index contributed by atoms with van der Waals surface area (Å²) in [5.41, 5.74) is 4.68. The molecule has 1 aliphatic carbocycles. The zero-order valence-corrected chi connectivity index (χ0v) is 18.3. The van der Waals surface area contributed by atoms with Gasteiger partial charge in [-0.05, 0) is 42.7 Å². The van der Waals surface area contributed by atoms with Crippen LogP contribution in [0.1, 0.15) is 40.0 Å². The normalized spacial score (nSPS) is 25.3. The Kier molecular flexibility index (Phi) is 6.12. The lowest BCUT2D eigenvalue weighted by molar-refractivity contribution is -0.136. The van der Waals surface area contributed by atoms with Gasteiger partial charge in [-0.3, -0.25) is 19.3 Å². The summed E-state index contributed by atoms with van der Waals surface area (Å²) in [5, 5.41) is 5.60. The van der Waals surface area contributed by atoms with Crippen LogP contribution in [0.2, 0.25) is 0 Å². The van der Waals surface area contributed by atoms with Gasteiger partial charge in [0.15, 0.2) is 0 Å². The summed E-state index contributed by atoms with van der Waals surface area (Å²) in [6, 6.07) is 6.46. The van der Waals surface area contributed by atoms with E-state index in [-0.39, 0.29) is 23.6 Å². The van der Waals surface area contributed by atoms with Crippen LogP contribution in [-0.2, 0) is 14.4 Å². The van der Waals surface area contributed by atoms with E-state index in [1.807, 2.05) is 0 Å². The molecule has 2 fully saturated rings. The molecule has 0 radical (unpaired) electrons. The number of hydrogen-bond acceptors (Lipinski definition) is 5. The Morgan fingerprint density at radius 1 is 1.27 bits per heavy atom. The largest absolute Gasteiger partial charge is 0.369 e. The predicted molar refractivity (Wildman–Crippen MR) is 115 cm³/mol. The van der Waals surface area contributed by atoms with Gasteiger partial charge in [-0.25, -0.2) is 4.79 Å². The average molecular weight is 433 g/mol. The number of hydrogen-bond donors (Lipinski definition) is 3. The third kappa shape index (κ3) is 4.77. The lowest BCUT2D eigenvalue weighted by Crippen LogP contribution is -2.54. The maximum absolute atomic E-state index is 13.2. The Morgan fingerprint density at radius 2 is 1.97 bits per heavy atom. The van der Waals surface area contributed by atoms with Crippen LogP contribution < -0.4 is 16.4 Å². The second-order valence-electron chi connectivity index (χ2n) is 9.06. The van der Waals surface area contributed by atoms with Crippen molar-refractivity contribution in [2.24, 2.45) is 17.1 Å². The number of anilines is 1. The molecule has 1 saturated carbocycles. The van der Waals surface area contributed by atoms with E-state index >= 15 is 0 Å². The van der Waals surface area contributed by atoms with Crippen molar-refractivity contribution in [3.63, 3.8) is 0 Å². The number of nitrogens with one attached hydrogen (secondary N) is 2. The first-order chi connectivity index (χ1) is 14.0. The minimum atomic E-state index is -0.937. The van der Waals surface area contributed by atoms with E-state index in [9.17, 15) is 19.2 Å². The molecule has 30 heavy (non-hydrogen) atoms. The van der Waals surface area contributed by atoms with Crippen molar-refractivity contribution in [2.45, 2.75) is 50.5 Å². The smallest absolute Gasteiger partial charge is 0.325 e. The fraction of sp³-hybridized carbons (Fsp3) is 0.524. The van der Waals surface area contributed by atoms with E-state index in [0.717, 1.165) is 11.3 Å². The molecule has 0 bridgehead atoms. The number of para-hydroxylation sites is 1. The van der Waals surface area contributed by atoms with Crippen molar-refractivity contribution in [2.75, 3.05) is 17.6 Å². The summed E-state index contributed by atoms with van der Waals surface area (Å²) >= 11 is 1.21. The first-order valence-corrected chi connectivity index (χ1v) is 10.9. The molecule has 1 aromatic rings. The van der Waals surface area contributed by atoms with Crippen LogP contribution >= 0.6 is 11.8 Å². The third-order valence-electron chi connectivity index (χ3n) is 5.46. The van der Waals surface area contributed by atoms with Crippen molar-refractivity contribution >= 4 is 41.2 Å². The predicted octanol–water partition coefficient (Wildman–Crippen LogP) is 2.34. The molecule has 162 valence electrons. The number of thioether (sulfide) groups is 1. The Hall–Kier alpha value is -2.55. The summed E-state index contributed by atoms with van der Waals surface area (Å²) in [7, 11) is 0. The highest BCUT2D eigenvalue weighted by Gasteiger charge is 2.56. The quantitative estimate of drug-likeness (QED) is 0.470. The molecule has 2 aliphatic rings. The van der Waals surface area contributed by atoms with Gasteiger partial charge < -0.3 is 16.4 Å². The summed E-state index contributed by atoms with van der Waals surface area (Å²) in [6.45, 7) is 5.91. The van der Waals surface area contributed by atoms with Crippen molar-refractivity contribution in [3.8, 4) is 0 Å². The number of benzene rings is 1. The molecule has 1 heterocycles. The highest BCUT2D eigenvalue weighted by atomic mass is 32.2. The van der Waals surface area contributed by atoms with Crippen LogP contribution in [0.5, 0.6) is 0 Å². The Bertz CT molecular complexity index is 888. The van der Waals surface area contributed by atoms with Crippen LogP contribution in [0.4, 0.5) is 10.5 Å². The first-order valence-electron chi connectivity index (χ1n) is 9.95. The summed E-state index contributed by atoms with van der Waals surface area (Å²) in [4.78, 5) is 51.1. The molecule has 5 amide bonds. The van der Waals surface area contributed by atoms with Crippen molar-refractivity contribution in [3.05, 3.63) is 24.3 Å². The number of carbonyl (C=O) groups is 4. The van der Waals surface area contributed by atoms with E-state index in [0.29, 0.717) is 29.3 Å². The minimum absolute atomic E-state index is 0.0739. The number of carbonyl (C=O) groups excluding carboxylic acids is 4. The molecule has 1 aliphatic heterocycles.